The number of hydrogen-bond donors (Lipinski definition) is 1. The Bertz CT molecular complexity index is 237. The number of aromatic nitrogens is 1. The van der Waals surface area contributed by atoms with E-state index in [2.05, 4.69) is 17.2 Å². The second-order valence-electron chi connectivity index (χ2n) is 2.48. The van der Waals surface area contributed by atoms with Gasteiger partial charge in [-0.1, -0.05) is 11.3 Å². The van der Waals surface area contributed by atoms with Crippen LogP contribution in [0.25, 0.3) is 0 Å². The van der Waals surface area contributed by atoms with E-state index in [1.54, 1.807) is 11.3 Å². The molecule has 1 N–H and O–H groups in total. The summed E-state index contributed by atoms with van der Waals surface area (Å²) in [5.41, 5.74) is 1.05. The highest BCUT2D eigenvalue weighted by molar-refractivity contribution is 7.11. The second-order valence-corrected chi connectivity index (χ2v) is 3.30. The molecule has 0 radical (unpaired) electrons. The molecule has 0 saturated carbocycles. The number of rotatable bonds is 4. The van der Waals surface area contributed by atoms with Crippen molar-refractivity contribution in [3.63, 3.8) is 0 Å². The van der Waals surface area contributed by atoms with Gasteiger partial charge in [-0.3, -0.25) is 0 Å². The van der Waals surface area contributed by atoms with Crippen molar-refractivity contribution in [3.8, 4) is 5.19 Å². The summed E-state index contributed by atoms with van der Waals surface area (Å²) in [6.07, 6.45) is 0. The summed E-state index contributed by atoms with van der Waals surface area (Å²) in [5.74, 6) is 0. The Morgan fingerprint density at radius 2 is 2.50 bits per heavy atom. The van der Waals surface area contributed by atoms with Crippen molar-refractivity contribution in [3.05, 3.63) is 11.1 Å². The summed E-state index contributed by atoms with van der Waals surface area (Å²) >= 11 is 1.54. The Kier molecular flexibility index (Phi) is 3.49. The highest BCUT2D eigenvalue weighted by atomic mass is 32.1. The summed E-state index contributed by atoms with van der Waals surface area (Å²) in [4.78, 5) is 4.30. The zero-order valence-corrected chi connectivity index (χ0v) is 8.44. The number of ether oxygens (including phenoxy) is 1. The van der Waals surface area contributed by atoms with Crippen molar-refractivity contribution in [1.82, 2.24) is 10.3 Å². The van der Waals surface area contributed by atoms with Gasteiger partial charge in [-0.15, -0.1) is 0 Å². The lowest BCUT2D eigenvalue weighted by Crippen LogP contribution is -2.12. The van der Waals surface area contributed by atoms with Gasteiger partial charge in [0.25, 0.3) is 5.19 Å². The predicted molar refractivity (Wildman–Crippen MR) is 50.8 cm³/mol. The summed E-state index contributed by atoms with van der Waals surface area (Å²) < 4.78 is 5.26. The van der Waals surface area contributed by atoms with Gasteiger partial charge in [-0.05, 0) is 20.9 Å². The van der Waals surface area contributed by atoms with Crippen LogP contribution in [0.15, 0.2) is 5.38 Å². The van der Waals surface area contributed by atoms with Gasteiger partial charge >= 0.3 is 0 Å². The largest absolute Gasteiger partial charge is 0.470 e. The van der Waals surface area contributed by atoms with Crippen LogP contribution in [0.3, 0.4) is 0 Å². The number of nitrogens with one attached hydrogen (secondary N) is 1. The number of thiazole rings is 1. The molecule has 0 saturated heterocycles. The second kappa shape index (κ2) is 4.42. The monoisotopic (exact) mass is 186 g/mol. The van der Waals surface area contributed by atoms with Crippen molar-refractivity contribution in [1.29, 1.82) is 0 Å². The first-order valence-electron chi connectivity index (χ1n) is 4.03. The van der Waals surface area contributed by atoms with Crippen LogP contribution in [0.1, 0.15) is 25.6 Å². The van der Waals surface area contributed by atoms with Gasteiger partial charge in [-0.2, -0.15) is 0 Å². The van der Waals surface area contributed by atoms with E-state index in [0.29, 0.717) is 12.6 Å². The Labute approximate surface area is 76.8 Å². The normalized spacial score (nSPS) is 12.9. The fourth-order valence-corrected chi connectivity index (χ4v) is 1.63. The maximum Gasteiger partial charge on any atom is 0.273 e. The Morgan fingerprint density at radius 1 is 1.75 bits per heavy atom. The first-order valence-corrected chi connectivity index (χ1v) is 4.91. The molecule has 0 aliphatic carbocycles. The molecule has 0 aliphatic heterocycles. The number of nitrogens with zero attached hydrogens (tertiary/aromatic N) is 1. The first kappa shape index (κ1) is 9.48. The van der Waals surface area contributed by atoms with Crippen LogP contribution in [0, 0.1) is 0 Å². The highest BCUT2D eigenvalue weighted by Crippen LogP contribution is 2.21. The fraction of sp³-hybridized carbons (Fsp3) is 0.625. The van der Waals surface area contributed by atoms with E-state index in [4.69, 9.17) is 4.74 Å². The van der Waals surface area contributed by atoms with Gasteiger partial charge in [0.05, 0.1) is 12.3 Å². The van der Waals surface area contributed by atoms with Crippen LogP contribution < -0.4 is 10.1 Å². The molecular formula is C8H14N2OS. The third-order valence-corrected chi connectivity index (χ3v) is 2.42. The van der Waals surface area contributed by atoms with Crippen LogP contribution in [-0.2, 0) is 0 Å². The van der Waals surface area contributed by atoms with E-state index >= 15 is 0 Å². The first-order chi connectivity index (χ1) is 5.77. The van der Waals surface area contributed by atoms with Crippen LogP contribution in [-0.4, -0.2) is 18.6 Å². The SMILES string of the molecule is CCOc1nc(C(C)NC)cs1. The lowest BCUT2D eigenvalue weighted by atomic mass is 10.3. The average Bonchev–Trinajstić information content (AvgIpc) is 2.52. The lowest BCUT2D eigenvalue weighted by Gasteiger charge is -2.04. The molecule has 0 spiro atoms. The van der Waals surface area contributed by atoms with Gasteiger partial charge < -0.3 is 10.1 Å². The molecule has 68 valence electrons. The van der Waals surface area contributed by atoms with E-state index in [1.165, 1.54) is 0 Å². The average molecular weight is 186 g/mol. The van der Waals surface area contributed by atoms with E-state index in [9.17, 15) is 0 Å². The fourth-order valence-electron chi connectivity index (χ4n) is 0.805. The summed E-state index contributed by atoms with van der Waals surface area (Å²) in [5, 5.41) is 5.90. The van der Waals surface area contributed by atoms with Crippen molar-refractivity contribution < 1.29 is 4.74 Å². The van der Waals surface area contributed by atoms with Gasteiger partial charge in [0, 0.05) is 11.4 Å². The smallest absolute Gasteiger partial charge is 0.273 e. The van der Waals surface area contributed by atoms with Gasteiger partial charge in [-0.25, -0.2) is 4.98 Å². The van der Waals surface area contributed by atoms with Crippen LogP contribution >= 0.6 is 11.3 Å². The zero-order valence-electron chi connectivity index (χ0n) is 7.63. The maximum atomic E-state index is 5.26. The van der Waals surface area contributed by atoms with Crippen molar-refractivity contribution in [2.75, 3.05) is 13.7 Å². The predicted octanol–water partition coefficient (Wildman–Crippen LogP) is 1.82. The highest BCUT2D eigenvalue weighted by Gasteiger charge is 2.07. The van der Waals surface area contributed by atoms with E-state index in [1.807, 2.05) is 19.4 Å². The third kappa shape index (κ3) is 2.19. The zero-order chi connectivity index (χ0) is 8.97. The lowest BCUT2D eigenvalue weighted by molar-refractivity contribution is 0.336. The molecule has 1 atom stereocenters. The van der Waals surface area contributed by atoms with Crippen LogP contribution in [0.2, 0.25) is 0 Å². The minimum absolute atomic E-state index is 0.301. The molecule has 0 aliphatic rings. The van der Waals surface area contributed by atoms with Crippen molar-refractivity contribution in [2.45, 2.75) is 19.9 Å². The van der Waals surface area contributed by atoms with Crippen molar-refractivity contribution in [2.24, 2.45) is 0 Å². The number of hydrogen-bond acceptors (Lipinski definition) is 4. The Hall–Kier alpha value is -0.610. The molecule has 1 aromatic heterocycles. The summed E-state index contributed by atoms with van der Waals surface area (Å²) in [6, 6.07) is 0.301. The third-order valence-electron chi connectivity index (χ3n) is 1.65. The van der Waals surface area contributed by atoms with Gasteiger partial charge in [0.1, 0.15) is 0 Å². The minimum atomic E-state index is 0.301. The standard InChI is InChI=1S/C8H14N2OS/c1-4-11-8-10-7(5-12-8)6(2)9-3/h5-6,9H,4H2,1-3H3. The Balaban J connectivity index is 2.63. The van der Waals surface area contributed by atoms with Crippen LogP contribution in [0.4, 0.5) is 0 Å². The molecule has 1 rings (SSSR count). The molecule has 12 heavy (non-hydrogen) atoms. The molecule has 1 heterocycles. The minimum Gasteiger partial charge on any atom is -0.470 e. The maximum absolute atomic E-state index is 5.26. The molecule has 1 unspecified atom stereocenters. The van der Waals surface area contributed by atoms with E-state index in [0.717, 1.165) is 10.9 Å². The van der Waals surface area contributed by atoms with Crippen molar-refractivity contribution >= 4 is 11.3 Å². The molecular weight excluding hydrogens is 172 g/mol. The van der Waals surface area contributed by atoms with Gasteiger partial charge in [0.15, 0.2) is 0 Å². The topological polar surface area (TPSA) is 34.1 Å². The Morgan fingerprint density at radius 3 is 3.08 bits per heavy atom. The quantitative estimate of drug-likeness (QED) is 0.779. The molecule has 0 fully saturated rings. The molecule has 1 aromatic rings. The molecule has 0 aromatic carbocycles. The van der Waals surface area contributed by atoms with Gasteiger partial charge in [0.2, 0.25) is 0 Å². The van der Waals surface area contributed by atoms with Crippen LogP contribution in [0.5, 0.6) is 5.19 Å². The summed E-state index contributed by atoms with van der Waals surface area (Å²) in [6.45, 7) is 4.72. The molecule has 4 heteroatoms. The van der Waals surface area contributed by atoms with E-state index < -0.39 is 0 Å². The van der Waals surface area contributed by atoms with E-state index in [-0.39, 0.29) is 0 Å². The molecule has 0 amide bonds. The molecule has 3 nitrogen and oxygen atoms in total. The molecule has 0 bridgehead atoms. The summed E-state index contributed by atoms with van der Waals surface area (Å²) in [7, 11) is 1.92.